The standard InChI is InChI=1S/C27H28ClFN2O2/c1-2-16-30-27(33)25(17-20-10-5-3-6-11-20)31(19-21-12-7-4-8-13-21)26(32)18-22-23(28)14-9-15-24(22)29/h3-15,25H,2,16-19H2,1H3,(H,30,33). The Morgan fingerprint density at radius 3 is 2.18 bits per heavy atom. The van der Waals surface area contributed by atoms with Crippen molar-refractivity contribution in [3.63, 3.8) is 0 Å². The van der Waals surface area contributed by atoms with E-state index >= 15 is 0 Å². The number of benzene rings is 3. The lowest BCUT2D eigenvalue weighted by Crippen LogP contribution is -2.51. The smallest absolute Gasteiger partial charge is 0.243 e. The van der Waals surface area contributed by atoms with Crippen molar-refractivity contribution in [2.24, 2.45) is 0 Å². The van der Waals surface area contributed by atoms with Gasteiger partial charge >= 0.3 is 0 Å². The summed E-state index contributed by atoms with van der Waals surface area (Å²) in [5.74, 6) is -1.13. The van der Waals surface area contributed by atoms with Crippen molar-refractivity contribution in [2.75, 3.05) is 6.54 Å². The summed E-state index contributed by atoms with van der Waals surface area (Å²) in [4.78, 5) is 28.3. The third-order valence-corrected chi connectivity index (χ3v) is 5.76. The van der Waals surface area contributed by atoms with E-state index in [1.165, 1.54) is 17.0 Å². The van der Waals surface area contributed by atoms with E-state index in [0.717, 1.165) is 17.5 Å². The summed E-state index contributed by atoms with van der Waals surface area (Å²) in [7, 11) is 0. The zero-order chi connectivity index (χ0) is 23.6. The summed E-state index contributed by atoms with van der Waals surface area (Å²) in [6.07, 6.45) is 0.895. The average molecular weight is 467 g/mol. The third-order valence-electron chi connectivity index (χ3n) is 5.41. The number of hydrogen-bond donors (Lipinski definition) is 1. The molecule has 172 valence electrons. The molecule has 0 saturated carbocycles. The summed E-state index contributed by atoms with van der Waals surface area (Å²) in [6.45, 7) is 2.71. The van der Waals surface area contributed by atoms with Crippen molar-refractivity contribution in [3.05, 3.63) is 106 Å². The topological polar surface area (TPSA) is 49.4 Å². The van der Waals surface area contributed by atoms with Crippen LogP contribution in [0, 0.1) is 5.82 Å². The molecule has 0 spiro atoms. The van der Waals surface area contributed by atoms with Gasteiger partial charge in [-0.15, -0.1) is 0 Å². The average Bonchev–Trinajstić information content (AvgIpc) is 2.83. The number of rotatable bonds is 10. The highest BCUT2D eigenvalue weighted by Gasteiger charge is 2.31. The number of amides is 2. The largest absolute Gasteiger partial charge is 0.354 e. The van der Waals surface area contributed by atoms with Crippen LogP contribution in [0.1, 0.15) is 30.0 Å². The highest BCUT2D eigenvalue weighted by atomic mass is 35.5. The van der Waals surface area contributed by atoms with Crippen LogP contribution in [0.15, 0.2) is 78.9 Å². The first-order valence-electron chi connectivity index (χ1n) is 11.1. The van der Waals surface area contributed by atoms with Gasteiger partial charge in [0.05, 0.1) is 6.42 Å². The fourth-order valence-electron chi connectivity index (χ4n) is 3.65. The van der Waals surface area contributed by atoms with Gasteiger partial charge in [0, 0.05) is 30.1 Å². The Morgan fingerprint density at radius 1 is 0.939 bits per heavy atom. The van der Waals surface area contributed by atoms with Gasteiger partial charge in [0.25, 0.3) is 0 Å². The Bertz CT molecular complexity index is 1040. The van der Waals surface area contributed by atoms with E-state index in [9.17, 15) is 14.0 Å². The minimum absolute atomic E-state index is 0.134. The molecule has 2 amide bonds. The predicted octanol–water partition coefficient (Wildman–Crippen LogP) is 5.19. The van der Waals surface area contributed by atoms with Crippen LogP contribution in [0.5, 0.6) is 0 Å². The molecule has 0 radical (unpaired) electrons. The molecule has 0 bridgehead atoms. The number of nitrogens with one attached hydrogen (secondary N) is 1. The Labute approximate surface area is 199 Å². The van der Waals surface area contributed by atoms with E-state index in [0.29, 0.717) is 13.0 Å². The predicted molar refractivity (Wildman–Crippen MR) is 129 cm³/mol. The second-order valence-electron chi connectivity index (χ2n) is 7.88. The molecule has 0 aromatic heterocycles. The Kier molecular flexibility index (Phi) is 9.02. The Balaban J connectivity index is 1.97. The van der Waals surface area contributed by atoms with E-state index in [1.54, 1.807) is 6.07 Å². The molecule has 3 aromatic carbocycles. The summed E-state index contributed by atoms with van der Waals surface area (Å²) >= 11 is 6.19. The number of hydrogen-bond acceptors (Lipinski definition) is 2. The van der Waals surface area contributed by atoms with Crippen molar-refractivity contribution >= 4 is 23.4 Å². The molecule has 1 N–H and O–H groups in total. The molecule has 3 rings (SSSR count). The molecule has 0 heterocycles. The molecular weight excluding hydrogens is 439 g/mol. The third kappa shape index (κ3) is 6.90. The maximum absolute atomic E-state index is 14.4. The van der Waals surface area contributed by atoms with Crippen LogP contribution in [0.3, 0.4) is 0 Å². The zero-order valence-corrected chi connectivity index (χ0v) is 19.4. The maximum atomic E-state index is 14.4. The van der Waals surface area contributed by atoms with Gasteiger partial charge in [-0.1, -0.05) is 85.3 Å². The van der Waals surface area contributed by atoms with Crippen LogP contribution in [-0.2, 0) is 29.0 Å². The summed E-state index contributed by atoms with van der Waals surface area (Å²) < 4.78 is 14.4. The Hall–Kier alpha value is -3.18. The lowest BCUT2D eigenvalue weighted by atomic mass is 10.0. The van der Waals surface area contributed by atoms with E-state index in [1.807, 2.05) is 67.6 Å². The molecule has 1 unspecified atom stereocenters. The first-order chi connectivity index (χ1) is 16.0. The van der Waals surface area contributed by atoms with Gasteiger partial charge in [-0.2, -0.15) is 0 Å². The van der Waals surface area contributed by atoms with Crippen molar-refractivity contribution in [3.8, 4) is 0 Å². The van der Waals surface area contributed by atoms with E-state index in [4.69, 9.17) is 11.6 Å². The number of nitrogens with zero attached hydrogens (tertiary/aromatic N) is 1. The molecule has 0 fully saturated rings. The van der Waals surface area contributed by atoms with Gasteiger partial charge in [0.1, 0.15) is 11.9 Å². The number of carbonyl (C=O) groups excluding carboxylic acids is 2. The van der Waals surface area contributed by atoms with Crippen molar-refractivity contribution < 1.29 is 14.0 Å². The normalized spacial score (nSPS) is 11.6. The highest BCUT2D eigenvalue weighted by molar-refractivity contribution is 6.31. The van der Waals surface area contributed by atoms with Crippen LogP contribution < -0.4 is 5.32 Å². The SMILES string of the molecule is CCCNC(=O)C(Cc1ccccc1)N(Cc1ccccc1)C(=O)Cc1c(F)cccc1Cl. The van der Waals surface area contributed by atoms with Crippen molar-refractivity contribution in [1.82, 2.24) is 10.2 Å². The van der Waals surface area contributed by atoms with Gasteiger partial charge in [0.2, 0.25) is 11.8 Å². The lowest BCUT2D eigenvalue weighted by Gasteiger charge is -2.32. The maximum Gasteiger partial charge on any atom is 0.243 e. The monoisotopic (exact) mass is 466 g/mol. The van der Waals surface area contributed by atoms with E-state index in [2.05, 4.69) is 5.32 Å². The molecule has 0 aliphatic heterocycles. The van der Waals surface area contributed by atoms with Crippen molar-refractivity contribution in [2.45, 2.75) is 38.8 Å². The fourth-order valence-corrected chi connectivity index (χ4v) is 3.88. The molecule has 4 nitrogen and oxygen atoms in total. The second kappa shape index (κ2) is 12.2. The summed E-state index contributed by atoms with van der Waals surface area (Å²) in [6, 6.07) is 22.6. The molecule has 33 heavy (non-hydrogen) atoms. The first kappa shape index (κ1) is 24.5. The van der Waals surface area contributed by atoms with E-state index < -0.39 is 11.9 Å². The second-order valence-corrected chi connectivity index (χ2v) is 8.29. The molecule has 0 aliphatic rings. The van der Waals surface area contributed by atoms with Gasteiger partial charge in [-0.3, -0.25) is 9.59 Å². The molecule has 0 aliphatic carbocycles. The van der Waals surface area contributed by atoms with Crippen molar-refractivity contribution in [1.29, 1.82) is 0 Å². The van der Waals surface area contributed by atoms with Crippen LogP contribution >= 0.6 is 11.6 Å². The molecule has 3 aromatic rings. The van der Waals surface area contributed by atoms with Gasteiger partial charge in [0.15, 0.2) is 0 Å². The van der Waals surface area contributed by atoms with Crippen LogP contribution in [0.4, 0.5) is 4.39 Å². The van der Waals surface area contributed by atoms with Gasteiger partial charge in [-0.25, -0.2) is 4.39 Å². The Morgan fingerprint density at radius 2 is 1.58 bits per heavy atom. The van der Waals surface area contributed by atoms with Crippen LogP contribution in [-0.4, -0.2) is 29.3 Å². The fraction of sp³-hybridized carbons (Fsp3) is 0.259. The van der Waals surface area contributed by atoms with Crippen LogP contribution in [0.2, 0.25) is 5.02 Å². The van der Waals surface area contributed by atoms with Crippen LogP contribution in [0.25, 0.3) is 0 Å². The zero-order valence-electron chi connectivity index (χ0n) is 18.6. The first-order valence-corrected chi connectivity index (χ1v) is 11.4. The number of halogens is 2. The van der Waals surface area contributed by atoms with Gasteiger partial charge < -0.3 is 10.2 Å². The summed E-state index contributed by atoms with van der Waals surface area (Å²) in [5, 5.41) is 3.12. The molecule has 1 atom stereocenters. The molecule has 0 saturated heterocycles. The van der Waals surface area contributed by atoms with Gasteiger partial charge in [-0.05, 0) is 29.7 Å². The molecular formula is C27H28ClFN2O2. The number of carbonyl (C=O) groups is 2. The van der Waals surface area contributed by atoms with E-state index in [-0.39, 0.29) is 35.4 Å². The quantitative estimate of drug-likeness (QED) is 0.447. The lowest BCUT2D eigenvalue weighted by molar-refractivity contribution is -0.140. The highest BCUT2D eigenvalue weighted by Crippen LogP contribution is 2.22. The summed E-state index contributed by atoms with van der Waals surface area (Å²) in [5.41, 5.74) is 1.95. The molecule has 6 heteroatoms. The minimum atomic E-state index is -0.753. The minimum Gasteiger partial charge on any atom is -0.354 e.